The summed E-state index contributed by atoms with van der Waals surface area (Å²) < 4.78 is 0. The van der Waals surface area contributed by atoms with Crippen molar-refractivity contribution < 1.29 is 5.11 Å². The molecule has 0 radical (unpaired) electrons. The van der Waals surface area contributed by atoms with Gasteiger partial charge in [0.2, 0.25) is 0 Å². The number of aliphatic hydroxyl groups is 1. The molecule has 1 nitrogen and oxygen atoms in total. The second kappa shape index (κ2) is 2.89. The highest BCUT2D eigenvalue weighted by Gasteiger charge is 1.94. The van der Waals surface area contributed by atoms with E-state index in [1.165, 1.54) is 11.0 Å². The summed E-state index contributed by atoms with van der Waals surface area (Å²) in [6, 6.07) is 6.05. The quantitative estimate of drug-likeness (QED) is 0.525. The van der Waals surface area contributed by atoms with Crippen molar-refractivity contribution in [1.82, 2.24) is 0 Å². The van der Waals surface area contributed by atoms with Gasteiger partial charge in [0, 0.05) is 0 Å². The molecule has 0 aliphatic carbocycles. The minimum Gasteiger partial charge on any atom is -0.392 e. The van der Waals surface area contributed by atoms with E-state index in [0.717, 1.165) is 5.56 Å². The molecule has 0 spiro atoms. The van der Waals surface area contributed by atoms with Crippen LogP contribution < -0.4 is 5.46 Å². The van der Waals surface area contributed by atoms with Crippen molar-refractivity contribution in [3.8, 4) is 0 Å². The third-order valence-electron chi connectivity index (χ3n) is 1.67. The highest BCUT2D eigenvalue weighted by atomic mass is 16.3. The van der Waals surface area contributed by atoms with Gasteiger partial charge in [0.05, 0.1) is 6.61 Å². The lowest BCUT2D eigenvalue weighted by atomic mass is 9.89. The van der Waals surface area contributed by atoms with Gasteiger partial charge in [-0.3, -0.25) is 0 Å². The monoisotopic (exact) mass is 134 g/mol. The molecule has 0 heterocycles. The number of hydrogen-bond donors (Lipinski definition) is 1. The Morgan fingerprint density at radius 2 is 2.20 bits per heavy atom. The largest absolute Gasteiger partial charge is 0.392 e. The van der Waals surface area contributed by atoms with Crippen LogP contribution in [0.25, 0.3) is 0 Å². The van der Waals surface area contributed by atoms with Crippen molar-refractivity contribution in [2.24, 2.45) is 0 Å². The summed E-state index contributed by atoms with van der Waals surface area (Å²) in [6.45, 7) is 2.19. The Bertz CT molecular complexity index is 233. The molecule has 10 heavy (non-hydrogen) atoms. The van der Waals surface area contributed by atoms with Crippen LogP contribution in [0, 0.1) is 6.92 Å². The normalized spacial score (nSPS) is 9.80. The van der Waals surface area contributed by atoms with Crippen LogP contribution in [0.3, 0.4) is 0 Å². The zero-order valence-electron chi connectivity index (χ0n) is 6.39. The van der Waals surface area contributed by atoms with Gasteiger partial charge in [0.1, 0.15) is 7.85 Å². The maximum Gasteiger partial charge on any atom is 0.139 e. The lowest BCUT2D eigenvalue weighted by molar-refractivity contribution is 0.283. The summed E-state index contributed by atoms with van der Waals surface area (Å²) in [5, 5.41) is 8.81. The molecule has 0 amide bonds. The lowest BCUT2D eigenvalue weighted by Gasteiger charge is -2.01. The van der Waals surface area contributed by atoms with Crippen LogP contribution >= 0.6 is 0 Å². The summed E-state index contributed by atoms with van der Waals surface area (Å²) in [7, 11) is 2.01. The third kappa shape index (κ3) is 1.39. The minimum absolute atomic E-state index is 0.145. The number of rotatable bonds is 1. The first-order valence-electron chi connectivity index (χ1n) is 3.41. The molecule has 0 fully saturated rings. The van der Waals surface area contributed by atoms with Gasteiger partial charge in [-0.15, -0.1) is 0 Å². The Kier molecular flexibility index (Phi) is 2.12. The van der Waals surface area contributed by atoms with Crippen LogP contribution in [-0.2, 0) is 6.61 Å². The summed E-state index contributed by atoms with van der Waals surface area (Å²) in [5.74, 6) is 0. The highest BCUT2D eigenvalue weighted by molar-refractivity contribution is 6.33. The van der Waals surface area contributed by atoms with Gasteiger partial charge in [-0.25, -0.2) is 0 Å². The van der Waals surface area contributed by atoms with E-state index in [4.69, 9.17) is 5.11 Å². The molecule has 0 aromatic heterocycles. The molecule has 0 bridgehead atoms. The molecule has 2 heteroatoms. The first kappa shape index (κ1) is 7.35. The number of benzene rings is 1. The number of aliphatic hydroxyl groups excluding tert-OH is 1. The van der Waals surface area contributed by atoms with Gasteiger partial charge >= 0.3 is 0 Å². The van der Waals surface area contributed by atoms with Gasteiger partial charge in [0.15, 0.2) is 0 Å². The molecule has 0 saturated heterocycles. The van der Waals surface area contributed by atoms with E-state index in [-0.39, 0.29) is 6.61 Å². The van der Waals surface area contributed by atoms with Crippen LogP contribution in [0.5, 0.6) is 0 Å². The maximum atomic E-state index is 8.81. The average molecular weight is 134 g/mol. The van der Waals surface area contributed by atoms with E-state index >= 15 is 0 Å². The van der Waals surface area contributed by atoms with E-state index in [2.05, 4.69) is 6.07 Å². The number of hydrogen-bond acceptors (Lipinski definition) is 1. The fourth-order valence-corrected chi connectivity index (χ4v) is 1.02. The zero-order chi connectivity index (χ0) is 7.56. The van der Waals surface area contributed by atoms with Crippen LogP contribution in [0.15, 0.2) is 18.2 Å². The van der Waals surface area contributed by atoms with Crippen molar-refractivity contribution in [1.29, 1.82) is 0 Å². The zero-order valence-corrected chi connectivity index (χ0v) is 6.39. The Hall–Kier alpha value is -0.755. The lowest BCUT2D eigenvalue weighted by Crippen LogP contribution is -2.09. The van der Waals surface area contributed by atoms with E-state index in [0.29, 0.717) is 0 Å². The minimum atomic E-state index is 0.145. The van der Waals surface area contributed by atoms with E-state index in [9.17, 15) is 0 Å². The molecule has 0 atom stereocenters. The Morgan fingerprint density at radius 1 is 1.50 bits per heavy atom. The van der Waals surface area contributed by atoms with Crippen molar-refractivity contribution >= 4 is 13.3 Å². The summed E-state index contributed by atoms with van der Waals surface area (Å²) >= 11 is 0. The van der Waals surface area contributed by atoms with Crippen molar-refractivity contribution in [3.63, 3.8) is 0 Å². The van der Waals surface area contributed by atoms with Gasteiger partial charge in [-0.05, 0) is 12.5 Å². The molecule has 1 N–H and O–H groups in total. The molecular formula is C8H11BO. The predicted molar refractivity (Wildman–Crippen MR) is 45.3 cm³/mol. The maximum absolute atomic E-state index is 8.81. The number of aryl methyl sites for hydroxylation is 1. The second-order valence-electron chi connectivity index (χ2n) is 2.59. The Morgan fingerprint density at radius 3 is 2.70 bits per heavy atom. The molecule has 0 aliphatic heterocycles. The molecule has 1 rings (SSSR count). The van der Waals surface area contributed by atoms with Gasteiger partial charge in [-0.1, -0.05) is 29.2 Å². The predicted octanol–water partition coefficient (Wildman–Crippen LogP) is -0.254. The summed E-state index contributed by atoms with van der Waals surface area (Å²) in [6.07, 6.45) is 0. The molecule has 1 aromatic carbocycles. The smallest absolute Gasteiger partial charge is 0.139 e. The van der Waals surface area contributed by atoms with Crippen LogP contribution in [0.4, 0.5) is 0 Å². The Labute approximate surface area is 62.1 Å². The van der Waals surface area contributed by atoms with Gasteiger partial charge < -0.3 is 5.11 Å². The Balaban J connectivity index is 3.07. The van der Waals surface area contributed by atoms with E-state index in [1.807, 2.05) is 26.9 Å². The van der Waals surface area contributed by atoms with Crippen LogP contribution in [0.1, 0.15) is 11.1 Å². The average Bonchev–Trinajstić information content (AvgIpc) is 1.88. The fraction of sp³-hybridized carbons (Fsp3) is 0.250. The van der Waals surface area contributed by atoms with Crippen LogP contribution in [-0.4, -0.2) is 13.0 Å². The second-order valence-corrected chi connectivity index (χ2v) is 2.59. The fourth-order valence-electron chi connectivity index (χ4n) is 1.02. The SMILES string of the molecule is Bc1cc(C)ccc1CO. The molecular weight excluding hydrogens is 123 g/mol. The molecule has 52 valence electrons. The molecule has 0 unspecified atom stereocenters. The molecule has 0 aliphatic rings. The van der Waals surface area contributed by atoms with Crippen molar-refractivity contribution in [2.75, 3.05) is 0 Å². The van der Waals surface area contributed by atoms with E-state index in [1.54, 1.807) is 0 Å². The standard InChI is InChI=1S/C8H11BO/c1-6-2-3-7(5-10)8(9)4-6/h2-4,10H,5,9H2,1H3. The van der Waals surface area contributed by atoms with Crippen molar-refractivity contribution in [3.05, 3.63) is 29.3 Å². The van der Waals surface area contributed by atoms with Crippen molar-refractivity contribution in [2.45, 2.75) is 13.5 Å². The highest BCUT2D eigenvalue weighted by Crippen LogP contribution is 1.98. The summed E-state index contributed by atoms with van der Waals surface area (Å²) in [5.41, 5.74) is 3.43. The van der Waals surface area contributed by atoms with E-state index < -0.39 is 0 Å². The van der Waals surface area contributed by atoms with Gasteiger partial charge in [-0.2, -0.15) is 0 Å². The van der Waals surface area contributed by atoms with Crippen LogP contribution in [0.2, 0.25) is 0 Å². The molecule has 0 saturated carbocycles. The first-order valence-corrected chi connectivity index (χ1v) is 3.41. The topological polar surface area (TPSA) is 20.2 Å². The van der Waals surface area contributed by atoms with Gasteiger partial charge in [0.25, 0.3) is 0 Å². The first-order chi connectivity index (χ1) is 4.74. The molecule has 1 aromatic rings. The third-order valence-corrected chi connectivity index (χ3v) is 1.67. The summed E-state index contributed by atoms with van der Waals surface area (Å²) in [4.78, 5) is 0.